The summed E-state index contributed by atoms with van der Waals surface area (Å²) in [5, 5.41) is 22.2. The van der Waals surface area contributed by atoms with Gasteiger partial charge in [-0.15, -0.1) is 0 Å². The van der Waals surface area contributed by atoms with E-state index in [4.69, 9.17) is 4.74 Å². The molecule has 0 bridgehead atoms. The molecule has 2 amide bonds. The zero-order chi connectivity index (χ0) is 25.2. The highest BCUT2D eigenvalue weighted by Gasteiger charge is 2.46. The Morgan fingerprint density at radius 3 is 2.14 bits per heavy atom. The van der Waals surface area contributed by atoms with Gasteiger partial charge in [-0.3, -0.25) is 4.79 Å². The van der Waals surface area contributed by atoms with Crippen molar-refractivity contribution in [3.63, 3.8) is 0 Å². The molecule has 1 aliphatic heterocycles. The summed E-state index contributed by atoms with van der Waals surface area (Å²) >= 11 is 0. The van der Waals surface area contributed by atoms with Gasteiger partial charge in [0, 0.05) is 25.4 Å². The van der Waals surface area contributed by atoms with Crippen molar-refractivity contribution in [3.05, 3.63) is 59.7 Å². The summed E-state index contributed by atoms with van der Waals surface area (Å²) in [5.74, 6) is -1.58. The number of alkyl carbamates (subject to hydrolysis) is 1. The minimum Gasteiger partial charge on any atom is -0.480 e. The molecule has 2 aromatic carbocycles. The number of fused-ring (bicyclic) bond motifs is 3. The van der Waals surface area contributed by atoms with Crippen molar-refractivity contribution in [2.45, 2.75) is 51.2 Å². The van der Waals surface area contributed by atoms with Crippen LogP contribution in [-0.4, -0.2) is 64.9 Å². The molecular formula is C27H32N2O6. The smallest absolute Gasteiger partial charge is 0.407 e. The summed E-state index contributed by atoms with van der Waals surface area (Å²) in [6, 6.07) is 15.1. The number of nitrogens with zero attached hydrogens (tertiary/aromatic N) is 1. The van der Waals surface area contributed by atoms with Crippen LogP contribution < -0.4 is 5.32 Å². The van der Waals surface area contributed by atoms with E-state index in [1.54, 1.807) is 0 Å². The maximum absolute atomic E-state index is 13.4. The van der Waals surface area contributed by atoms with Crippen LogP contribution in [0.15, 0.2) is 48.5 Å². The lowest BCUT2D eigenvalue weighted by Crippen LogP contribution is -2.52. The molecule has 186 valence electrons. The average molecular weight is 481 g/mol. The maximum Gasteiger partial charge on any atom is 0.407 e. The lowest BCUT2D eigenvalue weighted by molar-refractivity contribution is -0.153. The summed E-state index contributed by atoms with van der Waals surface area (Å²) < 4.78 is 5.60. The largest absolute Gasteiger partial charge is 0.480 e. The Bertz CT molecular complexity index is 1070. The third-order valence-electron chi connectivity index (χ3n) is 7.55. The quantitative estimate of drug-likeness (QED) is 0.533. The molecule has 2 aliphatic rings. The van der Waals surface area contributed by atoms with Gasteiger partial charge in [-0.25, -0.2) is 9.59 Å². The Hall–Kier alpha value is -3.39. The lowest BCUT2D eigenvalue weighted by Gasteiger charge is -2.36. The molecule has 0 aromatic heterocycles. The molecule has 8 heteroatoms. The van der Waals surface area contributed by atoms with E-state index in [1.807, 2.05) is 50.2 Å². The van der Waals surface area contributed by atoms with E-state index in [2.05, 4.69) is 17.4 Å². The van der Waals surface area contributed by atoms with Crippen LogP contribution in [0, 0.1) is 5.41 Å². The second kappa shape index (κ2) is 10.1. The highest BCUT2D eigenvalue weighted by Crippen LogP contribution is 2.44. The number of aliphatic hydroxyl groups is 1. The minimum absolute atomic E-state index is 0.00435. The third kappa shape index (κ3) is 4.62. The maximum atomic E-state index is 13.4. The topological polar surface area (TPSA) is 116 Å². The Balaban J connectivity index is 1.42. The number of hydrogen-bond donors (Lipinski definition) is 3. The van der Waals surface area contributed by atoms with E-state index in [0.29, 0.717) is 12.8 Å². The molecule has 2 atom stereocenters. The second-order valence-corrected chi connectivity index (χ2v) is 9.37. The molecule has 0 saturated carbocycles. The Labute approximate surface area is 204 Å². The van der Waals surface area contributed by atoms with Gasteiger partial charge >= 0.3 is 12.1 Å². The molecule has 1 fully saturated rings. The van der Waals surface area contributed by atoms with Crippen LogP contribution in [0.5, 0.6) is 0 Å². The number of carbonyl (C=O) groups is 3. The fourth-order valence-electron chi connectivity index (χ4n) is 5.35. The minimum atomic E-state index is -1.14. The van der Waals surface area contributed by atoms with Crippen LogP contribution in [-0.2, 0) is 14.3 Å². The van der Waals surface area contributed by atoms with Crippen molar-refractivity contribution in [2.75, 3.05) is 19.7 Å². The van der Waals surface area contributed by atoms with Crippen molar-refractivity contribution in [1.29, 1.82) is 0 Å². The number of nitrogens with one attached hydrogen (secondary N) is 1. The van der Waals surface area contributed by atoms with Gasteiger partial charge in [-0.2, -0.15) is 0 Å². The lowest BCUT2D eigenvalue weighted by atomic mass is 9.80. The highest BCUT2D eigenvalue weighted by molar-refractivity contribution is 5.89. The van der Waals surface area contributed by atoms with Crippen LogP contribution in [0.2, 0.25) is 0 Å². The third-order valence-corrected chi connectivity index (χ3v) is 7.55. The number of β-amino-alcohol motifs (C(OH)–C–C–N with tert-alkyl or cyclic N) is 1. The molecule has 35 heavy (non-hydrogen) atoms. The normalized spacial score (nSPS) is 19.2. The van der Waals surface area contributed by atoms with Crippen LogP contribution in [0.3, 0.4) is 0 Å². The van der Waals surface area contributed by atoms with Crippen molar-refractivity contribution >= 4 is 18.0 Å². The summed E-state index contributed by atoms with van der Waals surface area (Å²) in [7, 11) is 0. The molecule has 1 heterocycles. The first-order valence-corrected chi connectivity index (χ1v) is 12.1. The van der Waals surface area contributed by atoms with Gasteiger partial charge < -0.3 is 25.2 Å². The number of hydrogen-bond acceptors (Lipinski definition) is 5. The fraction of sp³-hybridized carbons (Fsp3) is 0.444. The number of carboxylic acids is 1. The molecule has 1 aliphatic carbocycles. The number of ether oxygens (including phenoxy) is 1. The number of carbonyl (C=O) groups excluding carboxylic acids is 2. The van der Waals surface area contributed by atoms with Gasteiger partial charge in [0.2, 0.25) is 5.91 Å². The standard InChI is InChI=1S/C27H32N2O6/c1-3-27(4-2,25(33)29-14-17(30)13-23(29)24(31)32)16-28-26(34)35-15-22-20-11-7-5-9-18(20)19-10-6-8-12-21(19)22/h5-12,17,22-23,30H,3-4,13-16H2,1-2H3,(H,28,34)(H,31,32)/t17-,23-/m0/s1. The van der Waals surface area contributed by atoms with E-state index in [9.17, 15) is 24.6 Å². The Morgan fingerprint density at radius 1 is 1.03 bits per heavy atom. The molecule has 0 spiro atoms. The van der Waals surface area contributed by atoms with Gasteiger partial charge in [-0.1, -0.05) is 62.4 Å². The highest BCUT2D eigenvalue weighted by atomic mass is 16.5. The zero-order valence-electron chi connectivity index (χ0n) is 20.1. The molecule has 0 unspecified atom stereocenters. The number of likely N-dealkylation sites (tertiary alicyclic amines) is 1. The number of rotatable bonds is 8. The zero-order valence-corrected chi connectivity index (χ0v) is 20.1. The van der Waals surface area contributed by atoms with Crippen molar-refractivity contribution < 1.29 is 29.3 Å². The molecule has 0 radical (unpaired) electrons. The predicted octanol–water partition coefficient (Wildman–Crippen LogP) is 3.38. The van der Waals surface area contributed by atoms with Crippen LogP contribution >= 0.6 is 0 Å². The summed E-state index contributed by atoms with van der Waals surface area (Å²) in [5.41, 5.74) is 3.52. The van der Waals surface area contributed by atoms with E-state index >= 15 is 0 Å². The van der Waals surface area contributed by atoms with Crippen LogP contribution in [0.1, 0.15) is 50.2 Å². The number of carboxylic acid groups (broad SMARTS) is 1. The van der Waals surface area contributed by atoms with E-state index < -0.39 is 29.6 Å². The molecule has 4 rings (SSSR count). The van der Waals surface area contributed by atoms with E-state index in [1.165, 1.54) is 4.90 Å². The number of aliphatic carboxylic acids is 1. The van der Waals surface area contributed by atoms with Gasteiger partial charge in [0.25, 0.3) is 0 Å². The van der Waals surface area contributed by atoms with Crippen molar-refractivity contribution in [1.82, 2.24) is 10.2 Å². The average Bonchev–Trinajstić information content (AvgIpc) is 3.42. The van der Waals surface area contributed by atoms with Gasteiger partial charge in [0.15, 0.2) is 0 Å². The Kier molecular flexibility index (Phi) is 7.12. The second-order valence-electron chi connectivity index (χ2n) is 9.37. The van der Waals surface area contributed by atoms with Gasteiger partial charge in [0.05, 0.1) is 11.5 Å². The van der Waals surface area contributed by atoms with Gasteiger partial charge in [0.1, 0.15) is 12.6 Å². The van der Waals surface area contributed by atoms with Crippen LogP contribution in [0.25, 0.3) is 11.1 Å². The molecule has 3 N–H and O–H groups in total. The Morgan fingerprint density at radius 2 is 1.60 bits per heavy atom. The SMILES string of the molecule is CCC(CC)(CNC(=O)OCC1c2ccccc2-c2ccccc21)C(=O)N1C[C@@H](O)C[C@H]1C(=O)O. The molecule has 1 saturated heterocycles. The van der Waals surface area contributed by atoms with Crippen molar-refractivity contribution in [2.24, 2.45) is 5.41 Å². The molecular weight excluding hydrogens is 448 g/mol. The van der Waals surface area contributed by atoms with Gasteiger partial charge in [-0.05, 0) is 35.1 Å². The summed E-state index contributed by atoms with van der Waals surface area (Å²) in [6.07, 6.45) is -0.677. The van der Waals surface area contributed by atoms with E-state index in [0.717, 1.165) is 22.3 Å². The van der Waals surface area contributed by atoms with E-state index in [-0.39, 0.29) is 37.9 Å². The number of aliphatic hydroxyl groups excluding tert-OH is 1. The molecule has 2 aromatic rings. The first-order chi connectivity index (χ1) is 16.8. The predicted molar refractivity (Wildman–Crippen MR) is 130 cm³/mol. The molecule has 8 nitrogen and oxygen atoms in total. The summed E-state index contributed by atoms with van der Waals surface area (Å²) in [4.78, 5) is 38.9. The number of amides is 2. The number of benzene rings is 2. The van der Waals surface area contributed by atoms with Crippen LogP contribution in [0.4, 0.5) is 4.79 Å². The fourth-order valence-corrected chi connectivity index (χ4v) is 5.35. The first-order valence-electron chi connectivity index (χ1n) is 12.1. The monoisotopic (exact) mass is 480 g/mol. The van der Waals surface area contributed by atoms with Crippen molar-refractivity contribution in [3.8, 4) is 11.1 Å². The summed E-state index contributed by atoms with van der Waals surface area (Å²) in [6.45, 7) is 3.83. The first kappa shape index (κ1) is 24.7.